The van der Waals surface area contributed by atoms with Crippen molar-refractivity contribution in [2.75, 3.05) is 13.2 Å². The van der Waals surface area contributed by atoms with Gasteiger partial charge in [-0.2, -0.15) is 0 Å². The lowest BCUT2D eigenvalue weighted by Gasteiger charge is -2.10. The maximum atomic E-state index is 5.38. The van der Waals surface area contributed by atoms with E-state index < -0.39 is 0 Å². The molecule has 0 N–H and O–H groups in total. The van der Waals surface area contributed by atoms with Crippen molar-refractivity contribution in [3.8, 4) is 0 Å². The van der Waals surface area contributed by atoms with E-state index in [4.69, 9.17) is 4.74 Å². The van der Waals surface area contributed by atoms with E-state index in [1.54, 1.807) is 0 Å². The zero-order chi connectivity index (χ0) is 9.40. The van der Waals surface area contributed by atoms with Crippen molar-refractivity contribution in [2.24, 2.45) is 5.92 Å². The van der Waals surface area contributed by atoms with Crippen molar-refractivity contribution in [3.05, 3.63) is 12.2 Å². The molecule has 0 heterocycles. The Balaban J connectivity index is 3.14. The smallest absolute Gasteiger partial charge is 0.0466 e. The standard InChI is InChI=1S/C11H22O/c1-5-8-12-9-6-7-11(4)10(2)3/h11H,2,5-9H2,1,3-4H3. The number of allylic oxidation sites excluding steroid dienone is 1. The van der Waals surface area contributed by atoms with Crippen molar-refractivity contribution >= 4 is 0 Å². The average molecular weight is 170 g/mol. The summed E-state index contributed by atoms with van der Waals surface area (Å²) in [6.45, 7) is 12.2. The molecule has 0 aromatic carbocycles. The third-order valence-corrected chi connectivity index (χ3v) is 2.12. The molecule has 72 valence electrons. The van der Waals surface area contributed by atoms with E-state index in [2.05, 4.69) is 27.4 Å². The minimum atomic E-state index is 0.648. The topological polar surface area (TPSA) is 9.23 Å². The first-order valence-corrected chi connectivity index (χ1v) is 4.91. The molecule has 0 bridgehead atoms. The van der Waals surface area contributed by atoms with Gasteiger partial charge in [-0.1, -0.05) is 26.0 Å². The molecule has 1 unspecified atom stereocenters. The highest BCUT2D eigenvalue weighted by Crippen LogP contribution is 2.13. The number of ether oxygens (including phenoxy) is 1. The normalized spacial score (nSPS) is 12.9. The van der Waals surface area contributed by atoms with Crippen molar-refractivity contribution < 1.29 is 4.74 Å². The van der Waals surface area contributed by atoms with Gasteiger partial charge >= 0.3 is 0 Å². The molecule has 0 aliphatic carbocycles. The molecule has 0 saturated carbocycles. The van der Waals surface area contributed by atoms with E-state index in [0.29, 0.717) is 5.92 Å². The third-order valence-electron chi connectivity index (χ3n) is 2.12. The summed E-state index contributed by atoms with van der Waals surface area (Å²) in [5.74, 6) is 0.648. The van der Waals surface area contributed by atoms with Crippen LogP contribution < -0.4 is 0 Å². The van der Waals surface area contributed by atoms with E-state index in [1.807, 2.05) is 0 Å². The molecule has 0 aliphatic rings. The maximum Gasteiger partial charge on any atom is 0.0466 e. The van der Waals surface area contributed by atoms with Gasteiger partial charge in [0.2, 0.25) is 0 Å². The second-order valence-electron chi connectivity index (χ2n) is 3.50. The molecular formula is C11H22O. The van der Waals surface area contributed by atoms with Gasteiger partial charge in [0.25, 0.3) is 0 Å². The summed E-state index contributed by atoms with van der Waals surface area (Å²) in [6.07, 6.45) is 3.49. The van der Waals surface area contributed by atoms with E-state index in [-0.39, 0.29) is 0 Å². The summed E-state index contributed by atoms with van der Waals surface area (Å²) in [6, 6.07) is 0. The van der Waals surface area contributed by atoms with Crippen molar-refractivity contribution in [1.82, 2.24) is 0 Å². The molecule has 0 aliphatic heterocycles. The Bertz CT molecular complexity index is 118. The summed E-state index contributed by atoms with van der Waals surface area (Å²) in [5, 5.41) is 0. The number of hydrogen-bond acceptors (Lipinski definition) is 1. The van der Waals surface area contributed by atoms with E-state index >= 15 is 0 Å². The van der Waals surface area contributed by atoms with Crippen LogP contribution in [0.3, 0.4) is 0 Å². The van der Waals surface area contributed by atoms with Gasteiger partial charge in [0, 0.05) is 13.2 Å². The average Bonchev–Trinajstić information content (AvgIpc) is 2.03. The maximum absolute atomic E-state index is 5.38. The van der Waals surface area contributed by atoms with Crippen LogP contribution in [0, 0.1) is 5.92 Å². The monoisotopic (exact) mass is 170 g/mol. The van der Waals surface area contributed by atoms with Crippen molar-refractivity contribution in [1.29, 1.82) is 0 Å². The molecule has 0 spiro atoms. The Morgan fingerprint density at radius 1 is 1.42 bits per heavy atom. The van der Waals surface area contributed by atoms with Gasteiger partial charge in [-0.3, -0.25) is 0 Å². The summed E-state index contributed by atoms with van der Waals surface area (Å²) in [4.78, 5) is 0. The largest absolute Gasteiger partial charge is 0.381 e. The highest BCUT2D eigenvalue weighted by molar-refractivity contribution is 4.93. The van der Waals surface area contributed by atoms with Crippen LogP contribution in [0.5, 0.6) is 0 Å². The summed E-state index contributed by atoms with van der Waals surface area (Å²) < 4.78 is 5.38. The van der Waals surface area contributed by atoms with Gasteiger partial charge in [0.15, 0.2) is 0 Å². The predicted molar refractivity (Wildman–Crippen MR) is 54.3 cm³/mol. The molecule has 1 nitrogen and oxygen atoms in total. The first kappa shape index (κ1) is 11.7. The van der Waals surface area contributed by atoms with Gasteiger partial charge in [-0.05, 0) is 32.1 Å². The van der Waals surface area contributed by atoms with Crippen molar-refractivity contribution in [2.45, 2.75) is 40.0 Å². The van der Waals surface area contributed by atoms with Crippen LogP contribution in [-0.2, 0) is 4.74 Å². The minimum Gasteiger partial charge on any atom is -0.381 e. The molecule has 0 radical (unpaired) electrons. The molecular weight excluding hydrogens is 148 g/mol. The highest BCUT2D eigenvalue weighted by atomic mass is 16.5. The van der Waals surface area contributed by atoms with Gasteiger partial charge in [-0.25, -0.2) is 0 Å². The first-order chi connectivity index (χ1) is 5.68. The van der Waals surface area contributed by atoms with Crippen LogP contribution in [0.25, 0.3) is 0 Å². The molecule has 0 aromatic heterocycles. The molecule has 1 heteroatoms. The summed E-state index contributed by atoms with van der Waals surface area (Å²) in [7, 11) is 0. The zero-order valence-electron chi connectivity index (χ0n) is 8.73. The van der Waals surface area contributed by atoms with Crippen LogP contribution in [0.2, 0.25) is 0 Å². The molecule has 0 amide bonds. The van der Waals surface area contributed by atoms with Gasteiger partial charge in [-0.15, -0.1) is 0 Å². The second-order valence-corrected chi connectivity index (χ2v) is 3.50. The fraction of sp³-hybridized carbons (Fsp3) is 0.818. The lowest BCUT2D eigenvalue weighted by Crippen LogP contribution is -2.00. The molecule has 0 saturated heterocycles. The van der Waals surface area contributed by atoms with Crippen LogP contribution in [-0.4, -0.2) is 13.2 Å². The van der Waals surface area contributed by atoms with Gasteiger partial charge < -0.3 is 4.74 Å². The van der Waals surface area contributed by atoms with Gasteiger partial charge in [0.1, 0.15) is 0 Å². The third kappa shape index (κ3) is 6.41. The van der Waals surface area contributed by atoms with Crippen LogP contribution in [0.1, 0.15) is 40.0 Å². The summed E-state index contributed by atoms with van der Waals surface area (Å²) >= 11 is 0. The van der Waals surface area contributed by atoms with Crippen LogP contribution >= 0.6 is 0 Å². The second kappa shape index (κ2) is 7.35. The number of rotatable bonds is 7. The highest BCUT2D eigenvalue weighted by Gasteiger charge is 2.00. The van der Waals surface area contributed by atoms with Crippen LogP contribution in [0.15, 0.2) is 12.2 Å². The minimum absolute atomic E-state index is 0.648. The number of hydrogen-bond donors (Lipinski definition) is 0. The molecule has 12 heavy (non-hydrogen) atoms. The lowest BCUT2D eigenvalue weighted by molar-refractivity contribution is 0.129. The summed E-state index contributed by atoms with van der Waals surface area (Å²) in [5.41, 5.74) is 1.28. The quantitative estimate of drug-likeness (QED) is 0.420. The van der Waals surface area contributed by atoms with E-state index in [1.165, 1.54) is 12.0 Å². The van der Waals surface area contributed by atoms with E-state index in [9.17, 15) is 0 Å². The predicted octanol–water partition coefficient (Wildman–Crippen LogP) is 3.41. The molecule has 1 atom stereocenters. The fourth-order valence-electron chi connectivity index (χ4n) is 0.984. The Labute approximate surface area is 76.8 Å². The van der Waals surface area contributed by atoms with Crippen LogP contribution in [0.4, 0.5) is 0 Å². The Morgan fingerprint density at radius 2 is 2.08 bits per heavy atom. The fourth-order valence-corrected chi connectivity index (χ4v) is 0.984. The zero-order valence-corrected chi connectivity index (χ0v) is 8.73. The van der Waals surface area contributed by atoms with Gasteiger partial charge in [0.05, 0.1) is 0 Å². The first-order valence-electron chi connectivity index (χ1n) is 4.91. The Kier molecular flexibility index (Phi) is 7.17. The molecule has 0 rings (SSSR count). The van der Waals surface area contributed by atoms with Crippen molar-refractivity contribution in [3.63, 3.8) is 0 Å². The molecule has 0 fully saturated rings. The lowest BCUT2D eigenvalue weighted by atomic mass is 9.99. The Hall–Kier alpha value is -0.300. The molecule has 0 aromatic rings. The van der Waals surface area contributed by atoms with E-state index in [0.717, 1.165) is 26.1 Å². The SMILES string of the molecule is C=C(C)C(C)CCCOCCC. The Morgan fingerprint density at radius 3 is 2.58 bits per heavy atom.